The zero-order valence-corrected chi connectivity index (χ0v) is 20.9. The number of hydrogen-bond acceptors (Lipinski definition) is 4. The zero-order chi connectivity index (χ0) is 19.2. The molecule has 0 aliphatic rings. The third-order valence-electron chi connectivity index (χ3n) is 2.47. The van der Waals surface area contributed by atoms with Crippen molar-refractivity contribution in [2.75, 3.05) is 22.9 Å². The molecule has 0 aromatic heterocycles. The molecule has 2 rings (SSSR count). The maximum atomic E-state index is 5.82. The highest BCUT2D eigenvalue weighted by atomic mass is 80.9. The average Bonchev–Trinajstić information content (AvgIpc) is 2.57. The third kappa shape index (κ3) is 6.46. The van der Waals surface area contributed by atoms with Gasteiger partial charge in [-0.2, -0.15) is 0 Å². The van der Waals surface area contributed by atoms with Gasteiger partial charge in [-0.05, 0) is 44.0 Å². The molecule has 0 aliphatic carbocycles. The van der Waals surface area contributed by atoms with Crippen molar-refractivity contribution in [2.45, 2.75) is 0 Å². The van der Waals surface area contributed by atoms with E-state index in [0.29, 0.717) is 51.8 Å². The van der Waals surface area contributed by atoms with Crippen LogP contribution in [0.5, 0.6) is 0 Å². The Morgan fingerprint density at radius 2 is 0.875 bits per heavy atom. The molecule has 0 atom stereocenters. The van der Waals surface area contributed by atoms with Gasteiger partial charge in [0.2, 0.25) is 0 Å². The third-order valence-corrected chi connectivity index (χ3v) is 6.15. The number of nitrogen functional groups attached to an aromatic ring is 4. The van der Waals surface area contributed by atoms with E-state index >= 15 is 0 Å². The molecule has 0 heterocycles. The Morgan fingerprint density at radius 1 is 0.625 bits per heavy atom. The molecule has 24 heavy (non-hydrogen) atoms. The first-order valence-corrected chi connectivity index (χ1v) is 12.4. The molecule has 12 heteroatoms. The number of halogens is 8. The van der Waals surface area contributed by atoms with Gasteiger partial charge in [0.05, 0.1) is 51.8 Å². The minimum atomic E-state index is 0.357. The van der Waals surface area contributed by atoms with Crippen LogP contribution in [0.2, 0.25) is 20.1 Å². The lowest BCUT2D eigenvalue weighted by Crippen LogP contribution is -1.98. The smallest absolute Gasteiger partial charge is 0.0768 e. The van der Waals surface area contributed by atoms with Crippen molar-refractivity contribution in [2.24, 2.45) is 0 Å². The van der Waals surface area contributed by atoms with Crippen molar-refractivity contribution in [3.63, 3.8) is 0 Å². The van der Waals surface area contributed by atoms with Crippen LogP contribution in [0, 0.1) is 0 Å². The molecule has 0 saturated carbocycles. The second-order valence-corrected chi connectivity index (χ2v) is 7.13. The maximum absolute atomic E-state index is 5.82. The van der Waals surface area contributed by atoms with Crippen LogP contribution in [0.25, 0.3) is 0 Å². The Kier molecular flexibility index (Phi) is 11.8. The minimum absolute atomic E-state index is 0.357. The van der Waals surface area contributed by atoms with Gasteiger partial charge >= 0.3 is 0 Å². The summed E-state index contributed by atoms with van der Waals surface area (Å²) in [6, 6.07) is 3.05. The zero-order valence-electron chi connectivity index (χ0n) is 11.5. The van der Waals surface area contributed by atoms with Gasteiger partial charge in [-0.3, -0.25) is 0 Å². The van der Waals surface area contributed by atoms with E-state index in [9.17, 15) is 0 Å². The highest BCUT2D eigenvalue weighted by Crippen LogP contribution is 2.44. The van der Waals surface area contributed by atoms with Crippen molar-refractivity contribution < 1.29 is 0 Å². The van der Waals surface area contributed by atoms with Gasteiger partial charge in [0, 0.05) is 28.3 Å². The average molecular weight is 672 g/mol. The summed E-state index contributed by atoms with van der Waals surface area (Å²) < 4.78 is 1.05. The van der Waals surface area contributed by atoms with E-state index in [2.05, 4.69) is 60.1 Å². The van der Waals surface area contributed by atoms with E-state index < -0.39 is 0 Å². The Hall–Kier alpha value is 0.720. The predicted octanol–water partition coefficient (Wildman–Crippen LogP) is 7.53. The van der Waals surface area contributed by atoms with Crippen LogP contribution in [0.3, 0.4) is 0 Å². The molecule has 4 nitrogen and oxygen atoms in total. The predicted molar refractivity (Wildman–Crippen MR) is 124 cm³/mol. The number of hydrogen-bond donors (Lipinski definition) is 4. The number of rotatable bonds is 0. The van der Waals surface area contributed by atoms with E-state index in [0.717, 1.165) is 0 Å². The van der Waals surface area contributed by atoms with Crippen LogP contribution in [-0.2, 0) is 0 Å². The molecule has 0 radical (unpaired) electrons. The monoisotopic (exact) mass is 666 g/mol. The fourth-order valence-corrected chi connectivity index (χ4v) is 3.03. The first-order chi connectivity index (χ1) is 11.1. The Bertz CT molecular complexity index is 576. The molecule has 0 bridgehead atoms. The molecule has 0 amide bonds. The number of anilines is 4. The van der Waals surface area contributed by atoms with Gasteiger partial charge in [-0.25, -0.2) is 0 Å². The highest BCUT2D eigenvalue weighted by Gasteiger charge is 2.15. The highest BCUT2D eigenvalue weighted by molar-refractivity contribution is 9.93. The first kappa shape index (κ1) is 24.7. The summed E-state index contributed by atoms with van der Waals surface area (Å²) in [5.74, 6) is 0. The van der Waals surface area contributed by atoms with E-state index in [1.807, 2.05) is 0 Å². The standard InChI is InChI=1S/C6H4Br2Cl2N2.C6H6Cl2N2.Br2/c7-1-3(9)4(10)2(8)6(12)5(1)11;7-3-1-5(9)6(10)2-4(3)8;1-2/h11-12H2;1-2H,9-10H2;. The Morgan fingerprint density at radius 3 is 1.12 bits per heavy atom. The normalized spacial score (nSPS) is 9.50. The number of benzene rings is 2. The topological polar surface area (TPSA) is 104 Å². The second-order valence-electron chi connectivity index (χ2n) is 3.98. The van der Waals surface area contributed by atoms with Crippen molar-refractivity contribution in [3.05, 3.63) is 41.2 Å². The van der Waals surface area contributed by atoms with Crippen molar-refractivity contribution >= 4 is 129 Å². The van der Waals surface area contributed by atoms with Gasteiger partial charge in [-0.1, -0.05) is 46.4 Å². The Balaban J connectivity index is 0.000000405. The molecule has 0 spiro atoms. The molecule has 0 fully saturated rings. The largest absolute Gasteiger partial charge is 0.397 e. The molecule has 8 N–H and O–H groups in total. The molecular weight excluding hydrogens is 662 g/mol. The molecule has 134 valence electrons. The maximum Gasteiger partial charge on any atom is 0.0768 e. The van der Waals surface area contributed by atoms with Gasteiger partial charge in [0.1, 0.15) is 0 Å². The molecule has 0 unspecified atom stereocenters. The fraction of sp³-hybridized carbons (Fsp3) is 0. The minimum Gasteiger partial charge on any atom is -0.397 e. The van der Waals surface area contributed by atoms with Crippen LogP contribution >= 0.6 is 107 Å². The molecule has 0 saturated heterocycles. The summed E-state index contributed by atoms with van der Waals surface area (Å²) in [5.41, 5.74) is 23.7. The lowest BCUT2D eigenvalue weighted by molar-refractivity contribution is 1.58. The van der Waals surface area contributed by atoms with E-state index in [-0.39, 0.29) is 0 Å². The van der Waals surface area contributed by atoms with Crippen molar-refractivity contribution in [3.8, 4) is 0 Å². The fourth-order valence-electron chi connectivity index (χ4n) is 1.24. The van der Waals surface area contributed by atoms with Gasteiger partial charge < -0.3 is 22.9 Å². The van der Waals surface area contributed by atoms with Crippen LogP contribution in [0.4, 0.5) is 22.7 Å². The number of nitrogens with two attached hydrogens (primary N) is 4. The van der Waals surface area contributed by atoms with E-state index in [4.69, 9.17) is 69.3 Å². The van der Waals surface area contributed by atoms with Crippen LogP contribution in [0.1, 0.15) is 0 Å². The summed E-state index contributed by atoms with van der Waals surface area (Å²) in [7, 11) is 0. The second kappa shape index (κ2) is 11.4. The first-order valence-electron chi connectivity index (χ1n) is 5.59. The lowest BCUT2D eigenvalue weighted by Gasteiger charge is -2.09. The van der Waals surface area contributed by atoms with Gasteiger partial charge in [0.15, 0.2) is 0 Å². The quantitative estimate of drug-likeness (QED) is 0.132. The lowest BCUT2D eigenvalue weighted by atomic mass is 10.3. The van der Waals surface area contributed by atoms with Crippen molar-refractivity contribution in [1.29, 1.82) is 0 Å². The SMILES string of the molecule is BrBr.Nc1c(N)c(Br)c(Cl)c(Cl)c1Br.Nc1cc(Cl)c(Cl)cc1N. The summed E-state index contributed by atoms with van der Waals surface area (Å²) in [6.45, 7) is 0. The van der Waals surface area contributed by atoms with Gasteiger partial charge in [0.25, 0.3) is 0 Å². The summed E-state index contributed by atoms with van der Waals surface area (Å²) in [4.78, 5) is 0. The van der Waals surface area contributed by atoms with E-state index in [1.54, 1.807) is 0 Å². The molecule has 0 aliphatic heterocycles. The molecule has 2 aromatic carbocycles. The summed E-state index contributed by atoms with van der Waals surface area (Å²) in [6.07, 6.45) is 0. The summed E-state index contributed by atoms with van der Waals surface area (Å²) >= 11 is 34.7. The summed E-state index contributed by atoms with van der Waals surface area (Å²) in [5, 5.41) is 1.56. The van der Waals surface area contributed by atoms with Gasteiger partial charge in [-0.15, -0.1) is 0 Å². The van der Waals surface area contributed by atoms with Crippen LogP contribution < -0.4 is 22.9 Å². The van der Waals surface area contributed by atoms with Crippen molar-refractivity contribution in [1.82, 2.24) is 0 Å². The molecule has 2 aromatic rings. The van der Waals surface area contributed by atoms with E-state index in [1.165, 1.54) is 12.1 Å². The van der Waals surface area contributed by atoms with Crippen LogP contribution in [0.15, 0.2) is 21.1 Å². The van der Waals surface area contributed by atoms with Crippen LogP contribution in [-0.4, -0.2) is 0 Å². The molecular formula is C12H10Br4Cl4N4. The Labute approximate surface area is 191 Å².